The molecule has 0 unspecified atom stereocenters. The van der Waals surface area contributed by atoms with Crippen molar-refractivity contribution < 1.29 is 19.1 Å². The van der Waals surface area contributed by atoms with Gasteiger partial charge >= 0.3 is 6.09 Å². The number of benzene rings is 2. The van der Waals surface area contributed by atoms with Gasteiger partial charge in [0.25, 0.3) is 0 Å². The number of carbonyl (C=O) groups excluding carboxylic acids is 2. The van der Waals surface area contributed by atoms with Gasteiger partial charge in [0, 0.05) is 40.3 Å². The maximum absolute atomic E-state index is 13.5. The standard InChI is InChI=1S/C28H33N3O4/c1-7-31(26(33)35-27(2,3)4)12-13-34-18-9-11-19-21(15-18)28(5,6)25-23(24(19)32)20-10-8-17(16-29)14-22(20)30-25/h8-11,14-16,29-30H,7,12-13H2,1-6H3. The van der Waals surface area contributed by atoms with Crippen LogP contribution in [0, 0.1) is 5.41 Å². The van der Waals surface area contributed by atoms with E-state index < -0.39 is 11.0 Å². The number of ketones is 1. The molecule has 0 bridgehead atoms. The summed E-state index contributed by atoms with van der Waals surface area (Å²) in [5.41, 5.74) is 3.75. The number of likely N-dealkylation sites (N-methyl/N-ethyl adjacent to an activating group) is 1. The third-order valence-corrected chi connectivity index (χ3v) is 6.41. The third kappa shape index (κ3) is 4.55. The molecule has 7 heteroatoms. The van der Waals surface area contributed by atoms with Crippen LogP contribution in [0.3, 0.4) is 0 Å². The smallest absolute Gasteiger partial charge is 0.410 e. The highest BCUT2D eigenvalue weighted by atomic mass is 16.6. The topological polar surface area (TPSA) is 95.5 Å². The van der Waals surface area contributed by atoms with E-state index in [0.717, 1.165) is 27.7 Å². The van der Waals surface area contributed by atoms with Gasteiger partial charge in [0.2, 0.25) is 0 Å². The maximum atomic E-state index is 13.5. The summed E-state index contributed by atoms with van der Waals surface area (Å²) in [6.45, 7) is 12.8. The number of fused-ring (bicyclic) bond motifs is 4. The molecule has 0 saturated heterocycles. The molecule has 0 aliphatic heterocycles. The number of H-pyrrole nitrogens is 1. The minimum absolute atomic E-state index is 0.0168. The highest BCUT2D eigenvalue weighted by Crippen LogP contribution is 2.44. The van der Waals surface area contributed by atoms with Crippen molar-refractivity contribution in [1.29, 1.82) is 5.41 Å². The Hall–Kier alpha value is -3.61. The molecule has 1 aliphatic carbocycles. The van der Waals surface area contributed by atoms with Gasteiger partial charge < -0.3 is 24.8 Å². The molecule has 1 aliphatic rings. The molecule has 0 atom stereocenters. The summed E-state index contributed by atoms with van der Waals surface area (Å²) < 4.78 is 11.5. The molecule has 4 rings (SSSR count). The number of aromatic amines is 1. The zero-order valence-corrected chi connectivity index (χ0v) is 21.2. The first kappa shape index (κ1) is 24.5. The minimum Gasteiger partial charge on any atom is -0.492 e. The van der Waals surface area contributed by atoms with Gasteiger partial charge in [-0.15, -0.1) is 0 Å². The van der Waals surface area contributed by atoms with E-state index in [4.69, 9.17) is 14.9 Å². The molecule has 0 radical (unpaired) electrons. The molecule has 1 amide bonds. The van der Waals surface area contributed by atoms with E-state index in [0.29, 0.717) is 36.6 Å². The molecule has 0 saturated carbocycles. The van der Waals surface area contributed by atoms with Gasteiger partial charge in [-0.25, -0.2) is 4.79 Å². The first-order valence-corrected chi connectivity index (χ1v) is 11.9. The second kappa shape index (κ2) is 8.87. The number of nitrogens with one attached hydrogen (secondary N) is 2. The fourth-order valence-electron chi connectivity index (χ4n) is 4.59. The lowest BCUT2D eigenvalue weighted by Crippen LogP contribution is -2.39. The van der Waals surface area contributed by atoms with Crippen LogP contribution in [0.5, 0.6) is 5.75 Å². The lowest BCUT2D eigenvalue weighted by atomic mass is 9.71. The number of rotatable bonds is 6. The summed E-state index contributed by atoms with van der Waals surface area (Å²) in [4.78, 5) is 30.9. The number of carbonyl (C=O) groups is 2. The van der Waals surface area contributed by atoms with Gasteiger partial charge in [0.15, 0.2) is 5.78 Å². The molecule has 2 aromatic carbocycles. The lowest BCUT2D eigenvalue weighted by molar-refractivity contribution is 0.0237. The predicted molar refractivity (Wildman–Crippen MR) is 137 cm³/mol. The Labute approximate surface area is 205 Å². The van der Waals surface area contributed by atoms with Gasteiger partial charge in [0.1, 0.15) is 18.0 Å². The number of ether oxygens (including phenoxy) is 2. The second-order valence-corrected chi connectivity index (χ2v) is 10.4. The van der Waals surface area contributed by atoms with Crippen LogP contribution >= 0.6 is 0 Å². The number of nitrogens with zero attached hydrogens (tertiary/aromatic N) is 1. The van der Waals surface area contributed by atoms with Crippen LogP contribution in [0.1, 0.15) is 74.3 Å². The molecular weight excluding hydrogens is 442 g/mol. The van der Waals surface area contributed by atoms with Crippen molar-refractivity contribution in [3.05, 3.63) is 64.3 Å². The molecule has 3 aromatic rings. The van der Waals surface area contributed by atoms with E-state index in [1.807, 2.05) is 64.1 Å². The molecule has 2 N–H and O–H groups in total. The highest BCUT2D eigenvalue weighted by molar-refractivity contribution is 6.20. The summed E-state index contributed by atoms with van der Waals surface area (Å²) in [5, 5.41) is 8.41. The van der Waals surface area contributed by atoms with E-state index in [2.05, 4.69) is 18.8 Å². The van der Waals surface area contributed by atoms with Crippen molar-refractivity contribution >= 4 is 29.0 Å². The molecule has 35 heavy (non-hydrogen) atoms. The number of hydrogen-bond donors (Lipinski definition) is 2. The summed E-state index contributed by atoms with van der Waals surface area (Å²) in [7, 11) is 0. The van der Waals surface area contributed by atoms with Crippen LogP contribution in [-0.4, -0.2) is 53.3 Å². The second-order valence-electron chi connectivity index (χ2n) is 10.4. The van der Waals surface area contributed by atoms with Crippen LogP contribution in [0.4, 0.5) is 4.79 Å². The van der Waals surface area contributed by atoms with Gasteiger partial charge in [-0.05, 0) is 63.1 Å². The first-order valence-electron chi connectivity index (χ1n) is 11.9. The average molecular weight is 476 g/mol. The SMILES string of the molecule is CCN(CCOc1ccc2c(c1)C(C)(C)c1[nH]c3cc(C=N)ccc3c1C2=O)C(=O)OC(C)(C)C. The van der Waals surface area contributed by atoms with Crippen molar-refractivity contribution in [2.45, 2.75) is 52.6 Å². The van der Waals surface area contributed by atoms with Crippen molar-refractivity contribution in [2.24, 2.45) is 0 Å². The van der Waals surface area contributed by atoms with E-state index in [1.165, 1.54) is 6.21 Å². The Morgan fingerprint density at radius 2 is 1.91 bits per heavy atom. The number of aromatic nitrogens is 1. The molecule has 0 spiro atoms. The Morgan fingerprint density at radius 3 is 2.57 bits per heavy atom. The summed E-state index contributed by atoms with van der Waals surface area (Å²) in [6, 6.07) is 11.2. The van der Waals surface area contributed by atoms with Gasteiger partial charge in [-0.2, -0.15) is 0 Å². The summed E-state index contributed by atoms with van der Waals surface area (Å²) in [6.07, 6.45) is 0.936. The Kier molecular flexibility index (Phi) is 6.21. The van der Waals surface area contributed by atoms with Crippen LogP contribution < -0.4 is 4.74 Å². The fraction of sp³-hybridized carbons (Fsp3) is 0.393. The Morgan fingerprint density at radius 1 is 1.17 bits per heavy atom. The third-order valence-electron chi connectivity index (χ3n) is 6.41. The molecule has 1 aromatic heterocycles. The molecule has 7 nitrogen and oxygen atoms in total. The summed E-state index contributed by atoms with van der Waals surface area (Å²) >= 11 is 0. The van der Waals surface area contributed by atoms with Crippen molar-refractivity contribution in [1.82, 2.24) is 9.88 Å². The van der Waals surface area contributed by atoms with E-state index in [-0.39, 0.29) is 11.9 Å². The zero-order valence-electron chi connectivity index (χ0n) is 21.2. The monoisotopic (exact) mass is 475 g/mol. The lowest BCUT2D eigenvalue weighted by Gasteiger charge is -2.32. The summed E-state index contributed by atoms with van der Waals surface area (Å²) in [5.74, 6) is 0.632. The predicted octanol–water partition coefficient (Wildman–Crippen LogP) is 5.67. The van der Waals surface area contributed by atoms with Crippen LogP contribution in [0.25, 0.3) is 10.9 Å². The first-order chi connectivity index (χ1) is 16.5. The fourth-order valence-corrected chi connectivity index (χ4v) is 4.59. The van der Waals surface area contributed by atoms with Gasteiger partial charge in [-0.1, -0.05) is 26.0 Å². The van der Waals surface area contributed by atoms with E-state index in [9.17, 15) is 9.59 Å². The van der Waals surface area contributed by atoms with Gasteiger partial charge in [-0.3, -0.25) is 4.79 Å². The normalized spacial score (nSPS) is 14.3. The maximum Gasteiger partial charge on any atom is 0.410 e. The van der Waals surface area contributed by atoms with Crippen molar-refractivity contribution in [3.63, 3.8) is 0 Å². The average Bonchev–Trinajstić information content (AvgIpc) is 3.19. The van der Waals surface area contributed by atoms with Crippen LogP contribution in [-0.2, 0) is 10.2 Å². The van der Waals surface area contributed by atoms with Crippen molar-refractivity contribution in [3.8, 4) is 5.75 Å². The zero-order chi connectivity index (χ0) is 25.5. The minimum atomic E-state index is -0.551. The molecular formula is C28H33N3O4. The Bertz CT molecular complexity index is 1310. The number of amides is 1. The Balaban J connectivity index is 1.57. The quantitative estimate of drug-likeness (QED) is 0.449. The molecule has 1 heterocycles. The molecule has 184 valence electrons. The largest absolute Gasteiger partial charge is 0.492 e. The van der Waals surface area contributed by atoms with E-state index in [1.54, 1.807) is 4.90 Å². The van der Waals surface area contributed by atoms with E-state index >= 15 is 0 Å². The number of hydrogen-bond acceptors (Lipinski definition) is 5. The molecule has 0 fully saturated rings. The van der Waals surface area contributed by atoms with Gasteiger partial charge in [0.05, 0.1) is 12.1 Å². The van der Waals surface area contributed by atoms with Crippen molar-refractivity contribution in [2.75, 3.05) is 19.7 Å². The highest BCUT2D eigenvalue weighted by Gasteiger charge is 2.39. The van der Waals surface area contributed by atoms with Crippen LogP contribution in [0.15, 0.2) is 36.4 Å². The van der Waals surface area contributed by atoms with Crippen LogP contribution in [0.2, 0.25) is 0 Å².